The molecule has 1 aliphatic rings. The van der Waals surface area contributed by atoms with Crippen molar-refractivity contribution in [2.24, 2.45) is 0 Å². The molecule has 1 fully saturated rings. The average Bonchev–Trinajstić information content (AvgIpc) is 3.12. The number of benzene rings is 3. The van der Waals surface area contributed by atoms with Crippen molar-refractivity contribution in [3.63, 3.8) is 0 Å². The Bertz CT molecular complexity index is 1440. The zero-order chi connectivity index (χ0) is 34.8. The van der Waals surface area contributed by atoms with E-state index in [0.717, 1.165) is 80.7 Å². The van der Waals surface area contributed by atoms with Gasteiger partial charge in [-0.05, 0) is 74.5 Å². The second-order valence-corrected chi connectivity index (χ2v) is 12.6. The van der Waals surface area contributed by atoms with E-state index in [1.54, 1.807) is 12.1 Å². The largest absolute Gasteiger partial charge is 0.508 e. The van der Waals surface area contributed by atoms with Gasteiger partial charge >= 0.3 is 6.09 Å². The number of amides is 3. The van der Waals surface area contributed by atoms with Gasteiger partial charge in [-0.15, -0.1) is 0 Å². The third kappa shape index (κ3) is 12.9. The van der Waals surface area contributed by atoms with E-state index in [1.165, 1.54) is 0 Å². The first kappa shape index (κ1) is 37.4. The molecule has 3 aromatic carbocycles. The van der Waals surface area contributed by atoms with Gasteiger partial charge in [0, 0.05) is 51.3 Å². The van der Waals surface area contributed by atoms with Crippen LogP contribution in [0.1, 0.15) is 57.9 Å². The minimum atomic E-state index is -0.447. The smallest absolute Gasteiger partial charge is 0.411 e. The molecule has 4 rings (SSSR count). The van der Waals surface area contributed by atoms with Crippen molar-refractivity contribution >= 4 is 23.6 Å². The Hall–Kier alpha value is -4.41. The van der Waals surface area contributed by atoms with E-state index >= 15 is 0 Å². The summed E-state index contributed by atoms with van der Waals surface area (Å²) in [7, 11) is 0. The summed E-state index contributed by atoms with van der Waals surface area (Å²) in [4.78, 5) is 44.6. The first-order valence-electron chi connectivity index (χ1n) is 17.7. The molecule has 1 saturated heterocycles. The molecule has 10 heteroatoms. The van der Waals surface area contributed by atoms with Crippen LogP contribution in [-0.2, 0) is 20.9 Å². The molecule has 264 valence electrons. The number of nitrogens with zero attached hydrogens (tertiary/aromatic N) is 3. The van der Waals surface area contributed by atoms with E-state index in [-0.39, 0.29) is 23.7 Å². The number of phenolic OH excluding ortho intramolecular Hbond substituents is 1. The number of nitrogens with one attached hydrogen (secondary N) is 2. The quantitative estimate of drug-likeness (QED) is 0.140. The summed E-state index contributed by atoms with van der Waals surface area (Å²) in [6, 6.07) is 24.6. The number of phenols is 1. The van der Waals surface area contributed by atoms with Crippen LogP contribution >= 0.6 is 0 Å². The van der Waals surface area contributed by atoms with Crippen LogP contribution in [0.25, 0.3) is 11.1 Å². The molecule has 1 heterocycles. The van der Waals surface area contributed by atoms with Crippen molar-refractivity contribution in [2.45, 2.75) is 65.0 Å². The highest BCUT2D eigenvalue weighted by Gasteiger charge is 2.23. The Morgan fingerprint density at radius 2 is 1.57 bits per heavy atom. The third-order valence-corrected chi connectivity index (χ3v) is 9.05. The molecule has 0 aliphatic carbocycles. The highest BCUT2D eigenvalue weighted by atomic mass is 16.6. The van der Waals surface area contributed by atoms with Crippen LogP contribution < -0.4 is 10.6 Å². The van der Waals surface area contributed by atoms with E-state index in [2.05, 4.69) is 34.3 Å². The number of aromatic hydroxyl groups is 1. The van der Waals surface area contributed by atoms with Crippen LogP contribution in [0.4, 0.5) is 10.5 Å². The molecule has 1 aliphatic heterocycles. The van der Waals surface area contributed by atoms with Gasteiger partial charge in [0.25, 0.3) is 0 Å². The fourth-order valence-electron chi connectivity index (χ4n) is 6.04. The van der Waals surface area contributed by atoms with Crippen LogP contribution in [0.5, 0.6) is 5.75 Å². The minimum Gasteiger partial charge on any atom is -0.508 e. The maximum absolute atomic E-state index is 13.1. The van der Waals surface area contributed by atoms with Crippen LogP contribution in [0.3, 0.4) is 0 Å². The maximum atomic E-state index is 13.1. The third-order valence-electron chi connectivity index (χ3n) is 9.05. The molecule has 0 bridgehead atoms. The van der Waals surface area contributed by atoms with Crippen LogP contribution in [0.2, 0.25) is 0 Å². The molecule has 0 saturated carbocycles. The topological polar surface area (TPSA) is 114 Å². The van der Waals surface area contributed by atoms with Gasteiger partial charge in [0.05, 0.1) is 12.2 Å². The lowest BCUT2D eigenvalue weighted by Crippen LogP contribution is -2.40. The maximum Gasteiger partial charge on any atom is 0.411 e. The van der Waals surface area contributed by atoms with Gasteiger partial charge in [0.15, 0.2) is 0 Å². The molecule has 0 atom stereocenters. The fraction of sp³-hybridized carbons (Fsp3) is 0.462. The summed E-state index contributed by atoms with van der Waals surface area (Å²) < 4.78 is 5.75. The molecule has 0 unspecified atom stereocenters. The number of hydrogen-bond donors (Lipinski definition) is 3. The number of unbranched alkanes of at least 4 members (excludes halogenated alkanes) is 2. The number of likely N-dealkylation sites (tertiary alicyclic amines) is 1. The number of likely N-dealkylation sites (N-methyl/N-ethyl adjacent to an activating group) is 1. The average molecular weight is 672 g/mol. The van der Waals surface area contributed by atoms with Crippen molar-refractivity contribution in [3.05, 3.63) is 84.4 Å². The predicted octanol–water partition coefficient (Wildman–Crippen LogP) is 6.12. The van der Waals surface area contributed by atoms with E-state index in [4.69, 9.17) is 4.74 Å². The van der Waals surface area contributed by atoms with Crippen molar-refractivity contribution < 1.29 is 24.2 Å². The van der Waals surface area contributed by atoms with Crippen molar-refractivity contribution in [1.29, 1.82) is 0 Å². The highest BCUT2D eigenvalue weighted by molar-refractivity contribution is 5.91. The Balaban J connectivity index is 1.09. The second kappa shape index (κ2) is 20.2. The summed E-state index contributed by atoms with van der Waals surface area (Å²) in [6.07, 6.45) is 3.91. The molecular weight excluding hydrogens is 618 g/mol. The van der Waals surface area contributed by atoms with E-state index in [0.29, 0.717) is 39.1 Å². The zero-order valence-electron chi connectivity index (χ0n) is 29.1. The number of piperidine rings is 1. The fourth-order valence-corrected chi connectivity index (χ4v) is 6.04. The summed E-state index contributed by atoms with van der Waals surface area (Å²) >= 11 is 0. The number of para-hydroxylation sites is 1. The number of rotatable bonds is 18. The van der Waals surface area contributed by atoms with Crippen LogP contribution in [-0.4, -0.2) is 96.2 Å². The Morgan fingerprint density at radius 3 is 2.29 bits per heavy atom. The first-order chi connectivity index (χ1) is 23.8. The van der Waals surface area contributed by atoms with Crippen molar-refractivity contribution in [1.82, 2.24) is 20.0 Å². The Morgan fingerprint density at radius 1 is 0.878 bits per heavy atom. The first-order valence-corrected chi connectivity index (χ1v) is 17.7. The van der Waals surface area contributed by atoms with Crippen molar-refractivity contribution in [2.75, 3.05) is 57.7 Å². The molecule has 0 aromatic heterocycles. The number of carbonyl (C=O) groups is 3. The molecule has 3 amide bonds. The van der Waals surface area contributed by atoms with Gasteiger partial charge in [-0.25, -0.2) is 4.79 Å². The van der Waals surface area contributed by atoms with E-state index in [1.807, 2.05) is 71.6 Å². The molecule has 3 aromatic rings. The number of hydrogen-bond acceptors (Lipinski definition) is 7. The van der Waals surface area contributed by atoms with Gasteiger partial charge in [-0.3, -0.25) is 19.8 Å². The van der Waals surface area contributed by atoms with Crippen molar-refractivity contribution in [3.8, 4) is 16.9 Å². The van der Waals surface area contributed by atoms with E-state index < -0.39 is 6.09 Å². The summed E-state index contributed by atoms with van der Waals surface area (Å²) in [5.41, 5.74) is 3.68. The van der Waals surface area contributed by atoms with Crippen LogP contribution in [0, 0.1) is 0 Å². The number of anilines is 1. The molecular formula is C39H53N5O5. The number of ether oxygens (including phenoxy) is 1. The molecule has 0 spiro atoms. The SMILES string of the molecule is CCN(CC)CC(=O)N(CCCCCNC(=O)CCN1CCC(OC(=O)Nc2ccccc2-c2ccccc2)CC1)Cc1ccc(O)cc1. The van der Waals surface area contributed by atoms with Crippen LogP contribution in [0.15, 0.2) is 78.9 Å². The Labute approximate surface area is 291 Å². The molecule has 49 heavy (non-hydrogen) atoms. The lowest BCUT2D eigenvalue weighted by atomic mass is 10.0. The molecule has 0 radical (unpaired) electrons. The highest BCUT2D eigenvalue weighted by Crippen LogP contribution is 2.28. The normalized spacial score (nSPS) is 13.6. The van der Waals surface area contributed by atoms with Gasteiger partial charge in [-0.1, -0.05) is 74.5 Å². The minimum absolute atomic E-state index is 0.0400. The lowest BCUT2D eigenvalue weighted by molar-refractivity contribution is -0.133. The lowest BCUT2D eigenvalue weighted by Gasteiger charge is -2.31. The summed E-state index contributed by atoms with van der Waals surface area (Å²) in [6.45, 7) is 10.2. The van der Waals surface area contributed by atoms with Gasteiger partial charge in [0.1, 0.15) is 11.9 Å². The second-order valence-electron chi connectivity index (χ2n) is 12.6. The summed E-state index contributed by atoms with van der Waals surface area (Å²) in [5.74, 6) is 0.358. The standard InChI is InChI=1S/C39H53N5O5/c1-3-42(4-2)30-38(47)44(29-31-17-19-33(45)20-18-31)25-12-6-11-24-40-37(46)23-28-43-26-21-34(22-27-43)49-39(48)41-36-16-10-9-15-35(36)32-13-7-5-8-14-32/h5,7-10,13-20,34,45H,3-4,6,11-12,21-30H2,1-2H3,(H,40,46)(H,41,48). The number of carbonyl (C=O) groups excluding carboxylic acids is 3. The van der Waals surface area contributed by atoms with E-state index in [9.17, 15) is 19.5 Å². The summed E-state index contributed by atoms with van der Waals surface area (Å²) in [5, 5.41) is 15.6. The monoisotopic (exact) mass is 671 g/mol. The molecule has 10 nitrogen and oxygen atoms in total. The Kier molecular flexibility index (Phi) is 15.4. The van der Waals surface area contributed by atoms with Gasteiger partial charge in [0.2, 0.25) is 11.8 Å². The molecule has 3 N–H and O–H groups in total. The van der Waals surface area contributed by atoms with Gasteiger partial charge in [-0.2, -0.15) is 0 Å². The zero-order valence-corrected chi connectivity index (χ0v) is 29.1. The van der Waals surface area contributed by atoms with Gasteiger partial charge < -0.3 is 25.0 Å². The predicted molar refractivity (Wildman–Crippen MR) is 194 cm³/mol.